The van der Waals surface area contributed by atoms with Crippen molar-refractivity contribution in [1.82, 2.24) is 9.88 Å². The molecule has 1 aromatic heterocycles. The minimum absolute atomic E-state index is 0.563. The third-order valence-electron chi connectivity index (χ3n) is 3.93. The Kier molecular flexibility index (Phi) is 4.81. The van der Waals surface area contributed by atoms with E-state index in [1.54, 1.807) is 0 Å². The minimum Gasteiger partial charge on any atom is -0.373 e. The molecule has 106 valence electrons. The zero-order chi connectivity index (χ0) is 13.8. The highest BCUT2D eigenvalue weighted by atomic mass is 15.2. The van der Waals surface area contributed by atoms with Crippen LogP contribution in [0.3, 0.4) is 0 Å². The number of piperidine rings is 1. The van der Waals surface area contributed by atoms with E-state index in [0.29, 0.717) is 6.04 Å². The second kappa shape index (κ2) is 6.38. The lowest BCUT2D eigenvalue weighted by molar-refractivity contribution is 0.132. The van der Waals surface area contributed by atoms with Crippen LogP contribution < -0.4 is 5.32 Å². The Hall–Kier alpha value is -1.09. The number of aromatic nitrogens is 1. The minimum atomic E-state index is 0.563. The lowest BCUT2D eigenvalue weighted by Crippen LogP contribution is -2.36. The number of likely N-dealkylation sites (tertiary alicyclic amines) is 1. The maximum atomic E-state index is 4.55. The van der Waals surface area contributed by atoms with Crippen LogP contribution in [-0.4, -0.2) is 30.0 Å². The third-order valence-corrected chi connectivity index (χ3v) is 3.93. The average molecular weight is 261 g/mol. The normalized spacial score (nSPS) is 20.8. The van der Waals surface area contributed by atoms with E-state index in [1.165, 1.54) is 43.5 Å². The summed E-state index contributed by atoms with van der Waals surface area (Å²) in [4.78, 5) is 7.19. The van der Waals surface area contributed by atoms with E-state index in [9.17, 15) is 0 Å². The van der Waals surface area contributed by atoms with Gasteiger partial charge in [-0.15, -0.1) is 0 Å². The molecule has 0 aromatic carbocycles. The van der Waals surface area contributed by atoms with Crippen molar-refractivity contribution >= 4 is 5.82 Å². The summed E-state index contributed by atoms with van der Waals surface area (Å²) in [6, 6.07) is 2.87. The number of hydrogen-bond acceptors (Lipinski definition) is 3. The van der Waals surface area contributed by atoms with Gasteiger partial charge in [0.25, 0.3) is 0 Å². The van der Waals surface area contributed by atoms with Gasteiger partial charge in [-0.25, -0.2) is 4.98 Å². The molecule has 0 amide bonds. The van der Waals surface area contributed by atoms with Crippen molar-refractivity contribution in [3.05, 3.63) is 23.4 Å². The van der Waals surface area contributed by atoms with Gasteiger partial charge >= 0.3 is 0 Å². The van der Waals surface area contributed by atoms with Gasteiger partial charge in [0.15, 0.2) is 0 Å². The first kappa shape index (κ1) is 14.3. The number of nitrogens with zero attached hydrogens (tertiary/aromatic N) is 2. The average Bonchev–Trinajstić information content (AvgIpc) is 2.38. The van der Waals surface area contributed by atoms with Crippen LogP contribution in [-0.2, 0) is 0 Å². The molecule has 19 heavy (non-hydrogen) atoms. The molecule has 1 N–H and O–H groups in total. The van der Waals surface area contributed by atoms with Crippen LogP contribution in [0.5, 0.6) is 0 Å². The molecular weight excluding hydrogens is 234 g/mol. The van der Waals surface area contributed by atoms with E-state index in [-0.39, 0.29) is 0 Å². The fourth-order valence-electron chi connectivity index (χ4n) is 3.10. The van der Waals surface area contributed by atoms with Crippen molar-refractivity contribution in [2.24, 2.45) is 5.92 Å². The molecule has 1 aliphatic rings. The Morgan fingerprint density at radius 1 is 1.42 bits per heavy atom. The van der Waals surface area contributed by atoms with Gasteiger partial charge in [-0.1, -0.05) is 20.3 Å². The number of rotatable bonds is 4. The SMILES string of the molecule is CNc1ncc(C2CCCCN2CC(C)C)cc1C. The molecule has 0 saturated carbocycles. The van der Waals surface area contributed by atoms with Gasteiger partial charge in [0.2, 0.25) is 0 Å². The van der Waals surface area contributed by atoms with Gasteiger partial charge in [-0.3, -0.25) is 4.90 Å². The molecule has 0 spiro atoms. The molecule has 0 radical (unpaired) electrons. The third kappa shape index (κ3) is 3.47. The van der Waals surface area contributed by atoms with Crippen LogP contribution >= 0.6 is 0 Å². The number of hydrogen-bond donors (Lipinski definition) is 1. The molecule has 3 heteroatoms. The summed E-state index contributed by atoms with van der Waals surface area (Å²) in [5, 5.41) is 3.14. The van der Waals surface area contributed by atoms with Gasteiger partial charge in [-0.2, -0.15) is 0 Å². The summed E-state index contributed by atoms with van der Waals surface area (Å²) in [6.45, 7) is 9.17. The first-order valence-corrected chi connectivity index (χ1v) is 7.50. The van der Waals surface area contributed by atoms with Crippen LogP contribution in [0.25, 0.3) is 0 Å². The number of nitrogens with one attached hydrogen (secondary N) is 1. The summed E-state index contributed by atoms with van der Waals surface area (Å²) < 4.78 is 0. The molecule has 3 nitrogen and oxygen atoms in total. The number of anilines is 1. The number of aryl methyl sites for hydroxylation is 1. The zero-order valence-electron chi connectivity index (χ0n) is 12.7. The van der Waals surface area contributed by atoms with E-state index in [1.807, 2.05) is 7.05 Å². The maximum absolute atomic E-state index is 4.55. The van der Waals surface area contributed by atoms with Gasteiger partial charge in [0.1, 0.15) is 5.82 Å². The van der Waals surface area contributed by atoms with Crippen LogP contribution in [0.1, 0.15) is 50.3 Å². The molecule has 1 unspecified atom stereocenters. The van der Waals surface area contributed by atoms with E-state index in [0.717, 1.165) is 11.7 Å². The van der Waals surface area contributed by atoms with E-state index >= 15 is 0 Å². The van der Waals surface area contributed by atoms with E-state index in [2.05, 4.69) is 48.2 Å². The Bertz CT molecular complexity index is 414. The summed E-state index contributed by atoms with van der Waals surface area (Å²) in [6.07, 6.45) is 6.01. The summed E-state index contributed by atoms with van der Waals surface area (Å²) in [5.74, 6) is 1.72. The second-order valence-electron chi connectivity index (χ2n) is 6.08. The molecule has 0 bridgehead atoms. The topological polar surface area (TPSA) is 28.2 Å². The molecule has 1 saturated heterocycles. The quantitative estimate of drug-likeness (QED) is 0.897. The van der Waals surface area contributed by atoms with Gasteiger partial charge in [0, 0.05) is 25.8 Å². The monoisotopic (exact) mass is 261 g/mol. The molecule has 2 heterocycles. The smallest absolute Gasteiger partial charge is 0.128 e. The Morgan fingerprint density at radius 3 is 2.84 bits per heavy atom. The molecular formula is C16H27N3. The highest BCUT2D eigenvalue weighted by molar-refractivity contribution is 5.44. The van der Waals surface area contributed by atoms with Crippen LogP contribution in [0.15, 0.2) is 12.3 Å². The van der Waals surface area contributed by atoms with Crippen molar-refractivity contribution in [3.63, 3.8) is 0 Å². The first-order valence-electron chi connectivity index (χ1n) is 7.50. The Labute approximate surface area is 117 Å². The lowest BCUT2D eigenvalue weighted by Gasteiger charge is -2.37. The molecule has 1 aromatic rings. The molecule has 0 aliphatic carbocycles. The molecule has 1 fully saturated rings. The zero-order valence-corrected chi connectivity index (χ0v) is 12.7. The number of pyridine rings is 1. The van der Waals surface area contributed by atoms with Crippen molar-refractivity contribution in [3.8, 4) is 0 Å². The van der Waals surface area contributed by atoms with Gasteiger partial charge in [0.05, 0.1) is 0 Å². The van der Waals surface area contributed by atoms with E-state index < -0.39 is 0 Å². The fourth-order valence-corrected chi connectivity index (χ4v) is 3.10. The highest BCUT2D eigenvalue weighted by Crippen LogP contribution is 2.32. The van der Waals surface area contributed by atoms with Gasteiger partial charge in [-0.05, 0) is 49.4 Å². The van der Waals surface area contributed by atoms with E-state index in [4.69, 9.17) is 0 Å². The molecule has 1 aliphatic heterocycles. The Morgan fingerprint density at radius 2 is 2.21 bits per heavy atom. The summed E-state index contributed by atoms with van der Waals surface area (Å²) >= 11 is 0. The lowest BCUT2D eigenvalue weighted by atomic mass is 9.94. The first-order chi connectivity index (χ1) is 9.11. The van der Waals surface area contributed by atoms with Crippen molar-refractivity contribution in [1.29, 1.82) is 0 Å². The largest absolute Gasteiger partial charge is 0.373 e. The standard InChI is InChI=1S/C16H27N3/c1-12(2)11-19-8-6-5-7-15(19)14-9-13(3)16(17-4)18-10-14/h9-10,12,15H,5-8,11H2,1-4H3,(H,17,18). The van der Waals surface area contributed by atoms with Crippen molar-refractivity contribution in [2.45, 2.75) is 46.1 Å². The van der Waals surface area contributed by atoms with Crippen LogP contribution in [0.4, 0.5) is 5.82 Å². The Balaban J connectivity index is 2.19. The summed E-state index contributed by atoms with van der Waals surface area (Å²) in [7, 11) is 1.93. The fraction of sp³-hybridized carbons (Fsp3) is 0.688. The predicted octanol–water partition coefficient (Wildman–Crippen LogP) is 3.61. The van der Waals surface area contributed by atoms with Gasteiger partial charge < -0.3 is 5.32 Å². The predicted molar refractivity (Wildman–Crippen MR) is 81.5 cm³/mol. The second-order valence-corrected chi connectivity index (χ2v) is 6.08. The summed E-state index contributed by atoms with van der Waals surface area (Å²) in [5.41, 5.74) is 2.63. The molecule has 1 atom stereocenters. The van der Waals surface area contributed by atoms with Crippen LogP contribution in [0.2, 0.25) is 0 Å². The molecule has 2 rings (SSSR count). The van der Waals surface area contributed by atoms with Crippen molar-refractivity contribution in [2.75, 3.05) is 25.5 Å². The highest BCUT2D eigenvalue weighted by Gasteiger charge is 2.24. The van der Waals surface area contributed by atoms with Crippen LogP contribution in [0, 0.1) is 12.8 Å². The maximum Gasteiger partial charge on any atom is 0.128 e. The van der Waals surface area contributed by atoms with Crippen molar-refractivity contribution < 1.29 is 0 Å².